The van der Waals surface area contributed by atoms with Gasteiger partial charge in [0.15, 0.2) is 0 Å². The van der Waals surface area contributed by atoms with Crippen molar-refractivity contribution in [2.24, 2.45) is 10.8 Å². The molecule has 2 saturated carbocycles. The van der Waals surface area contributed by atoms with Gasteiger partial charge in [-0.15, -0.1) is 0 Å². The number of carbonyl (C=O) groups excluding carboxylic acids is 1. The summed E-state index contributed by atoms with van der Waals surface area (Å²) >= 11 is 0. The van der Waals surface area contributed by atoms with E-state index in [0.29, 0.717) is 5.78 Å². The van der Waals surface area contributed by atoms with Crippen LogP contribution in [0.5, 0.6) is 0 Å². The number of fused-ring (bicyclic) bond motifs is 1. The third-order valence-electron chi connectivity index (χ3n) is 3.75. The van der Waals surface area contributed by atoms with Gasteiger partial charge in [-0.3, -0.25) is 4.79 Å². The van der Waals surface area contributed by atoms with E-state index in [1.54, 1.807) is 6.92 Å². The summed E-state index contributed by atoms with van der Waals surface area (Å²) in [4.78, 5) is 11.2. The lowest BCUT2D eigenvalue weighted by molar-refractivity contribution is -0.172. The topological polar surface area (TPSA) is 17.1 Å². The summed E-state index contributed by atoms with van der Waals surface area (Å²) in [5.74, 6) is 0.375. The Balaban J connectivity index is 2.26. The SMILES string of the molecule is [CH2]C12CCC1(C(C)=O)CC2. The van der Waals surface area contributed by atoms with Crippen molar-refractivity contribution < 1.29 is 4.79 Å². The smallest absolute Gasteiger partial charge is 0.136 e. The minimum Gasteiger partial charge on any atom is -0.299 e. The van der Waals surface area contributed by atoms with E-state index in [1.807, 2.05) is 0 Å². The molecule has 2 aliphatic rings. The average Bonchev–Trinajstić information content (AvgIpc) is 1.87. The second kappa shape index (κ2) is 1.46. The molecule has 0 atom stereocenters. The van der Waals surface area contributed by atoms with Crippen molar-refractivity contribution in [3.05, 3.63) is 6.92 Å². The summed E-state index contributed by atoms with van der Waals surface area (Å²) in [5.41, 5.74) is 0.228. The molecule has 1 radical (unpaired) electrons. The summed E-state index contributed by atoms with van der Waals surface area (Å²) in [6.45, 7) is 5.84. The molecule has 0 amide bonds. The lowest BCUT2D eigenvalue weighted by Crippen LogP contribution is -2.61. The maximum Gasteiger partial charge on any atom is 0.136 e. The Labute approximate surface area is 61.8 Å². The Bertz CT molecular complexity index is 185. The largest absolute Gasteiger partial charge is 0.299 e. The van der Waals surface area contributed by atoms with E-state index in [4.69, 9.17) is 0 Å². The lowest BCUT2D eigenvalue weighted by Gasteiger charge is -2.65. The minimum atomic E-state index is 0.0486. The Hall–Kier alpha value is -0.330. The van der Waals surface area contributed by atoms with Gasteiger partial charge < -0.3 is 0 Å². The normalized spacial score (nSPS) is 50.6. The van der Waals surface area contributed by atoms with Gasteiger partial charge in [0.25, 0.3) is 0 Å². The van der Waals surface area contributed by atoms with E-state index in [1.165, 1.54) is 12.8 Å². The molecule has 2 aliphatic carbocycles. The van der Waals surface area contributed by atoms with Crippen LogP contribution in [0.4, 0.5) is 0 Å². The van der Waals surface area contributed by atoms with E-state index in [0.717, 1.165) is 12.8 Å². The van der Waals surface area contributed by atoms with Crippen molar-refractivity contribution in [1.82, 2.24) is 0 Å². The summed E-state index contributed by atoms with van der Waals surface area (Å²) in [6, 6.07) is 0. The molecule has 10 heavy (non-hydrogen) atoms. The first-order chi connectivity index (χ1) is 4.61. The first kappa shape index (κ1) is 6.38. The van der Waals surface area contributed by atoms with E-state index < -0.39 is 0 Å². The fourth-order valence-electron chi connectivity index (χ4n) is 2.54. The van der Waals surface area contributed by atoms with Crippen LogP contribution in [-0.4, -0.2) is 5.78 Å². The van der Waals surface area contributed by atoms with Crippen molar-refractivity contribution in [2.45, 2.75) is 32.6 Å². The number of hydrogen-bond donors (Lipinski definition) is 0. The Morgan fingerprint density at radius 1 is 1.30 bits per heavy atom. The predicted molar refractivity (Wildman–Crippen MR) is 39.4 cm³/mol. The zero-order chi connectivity index (χ0) is 7.41. The molecular formula is C9H13O. The fourth-order valence-corrected chi connectivity index (χ4v) is 2.54. The number of carbonyl (C=O) groups is 1. The molecule has 1 nitrogen and oxygen atoms in total. The summed E-state index contributed by atoms with van der Waals surface area (Å²) in [5, 5.41) is 0. The van der Waals surface area contributed by atoms with Crippen LogP contribution in [0.15, 0.2) is 0 Å². The van der Waals surface area contributed by atoms with Gasteiger partial charge in [-0.2, -0.15) is 0 Å². The Kier molecular flexibility index (Phi) is 0.934. The van der Waals surface area contributed by atoms with Crippen LogP contribution in [0.1, 0.15) is 32.6 Å². The monoisotopic (exact) mass is 137 g/mol. The van der Waals surface area contributed by atoms with Gasteiger partial charge in [0.1, 0.15) is 5.78 Å². The first-order valence-electron chi connectivity index (χ1n) is 3.97. The van der Waals surface area contributed by atoms with Crippen LogP contribution in [0.2, 0.25) is 0 Å². The van der Waals surface area contributed by atoms with Gasteiger partial charge in [0.2, 0.25) is 0 Å². The van der Waals surface area contributed by atoms with Crippen LogP contribution in [-0.2, 0) is 4.79 Å². The molecule has 0 aromatic heterocycles. The Morgan fingerprint density at radius 2 is 1.80 bits per heavy atom. The second-order valence-corrected chi connectivity index (χ2v) is 3.92. The molecule has 0 spiro atoms. The fraction of sp³-hybridized carbons (Fsp3) is 0.778. The summed E-state index contributed by atoms with van der Waals surface area (Å²) < 4.78 is 0. The Morgan fingerprint density at radius 3 is 1.80 bits per heavy atom. The van der Waals surface area contributed by atoms with Crippen LogP contribution in [0, 0.1) is 17.8 Å². The molecule has 0 aromatic rings. The van der Waals surface area contributed by atoms with E-state index >= 15 is 0 Å². The van der Waals surface area contributed by atoms with Crippen molar-refractivity contribution in [3.8, 4) is 0 Å². The molecule has 0 aliphatic heterocycles. The molecule has 0 aromatic carbocycles. The van der Waals surface area contributed by atoms with E-state index in [9.17, 15) is 4.79 Å². The number of ketones is 1. The zero-order valence-corrected chi connectivity index (χ0v) is 6.44. The van der Waals surface area contributed by atoms with Crippen LogP contribution >= 0.6 is 0 Å². The van der Waals surface area contributed by atoms with Gasteiger partial charge in [0.05, 0.1) is 0 Å². The molecule has 2 fully saturated rings. The standard InChI is InChI=1S/C9H13O/c1-7(10)9-5-3-8(9,2)4-6-9/h2-6H2,1H3. The van der Waals surface area contributed by atoms with Crippen LogP contribution < -0.4 is 0 Å². The second-order valence-electron chi connectivity index (χ2n) is 3.92. The third kappa shape index (κ3) is 0.415. The third-order valence-corrected chi connectivity index (χ3v) is 3.75. The van der Waals surface area contributed by atoms with Crippen LogP contribution in [0.3, 0.4) is 0 Å². The van der Waals surface area contributed by atoms with Crippen molar-refractivity contribution in [1.29, 1.82) is 0 Å². The molecule has 0 bridgehead atoms. The number of Topliss-reactive ketones (excluding diaryl/α,β-unsaturated/α-hetero) is 1. The molecule has 0 N–H and O–H groups in total. The molecule has 1 heteroatoms. The maximum atomic E-state index is 11.2. The van der Waals surface area contributed by atoms with Crippen LogP contribution in [0.25, 0.3) is 0 Å². The first-order valence-corrected chi connectivity index (χ1v) is 3.97. The molecule has 55 valence electrons. The van der Waals surface area contributed by atoms with Crippen molar-refractivity contribution in [3.63, 3.8) is 0 Å². The van der Waals surface area contributed by atoms with Gasteiger partial charge in [-0.05, 0) is 44.9 Å². The zero-order valence-electron chi connectivity index (χ0n) is 6.44. The summed E-state index contributed by atoms with van der Waals surface area (Å²) in [6.07, 6.45) is 4.55. The van der Waals surface area contributed by atoms with E-state index in [-0.39, 0.29) is 10.8 Å². The summed E-state index contributed by atoms with van der Waals surface area (Å²) in [7, 11) is 0. The van der Waals surface area contributed by atoms with Crippen molar-refractivity contribution in [2.75, 3.05) is 0 Å². The highest BCUT2D eigenvalue weighted by atomic mass is 16.1. The molecule has 0 saturated heterocycles. The van der Waals surface area contributed by atoms with Crippen molar-refractivity contribution >= 4 is 5.78 Å². The molecule has 0 unspecified atom stereocenters. The van der Waals surface area contributed by atoms with Gasteiger partial charge in [0, 0.05) is 5.41 Å². The number of rotatable bonds is 1. The van der Waals surface area contributed by atoms with Gasteiger partial charge >= 0.3 is 0 Å². The average molecular weight is 137 g/mol. The molecule has 0 heterocycles. The maximum absolute atomic E-state index is 11.2. The highest BCUT2D eigenvalue weighted by Gasteiger charge is 2.65. The highest BCUT2D eigenvalue weighted by Crippen LogP contribution is 2.70. The van der Waals surface area contributed by atoms with Gasteiger partial charge in [-0.1, -0.05) is 0 Å². The predicted octanol–water partition coefficient (Wildman–Crippen LogP) is 1.97. The lowest BCUT2D eigenvalue weighted by atomic mass is 9.37. The quantitative estimate of drug-likeness (QED) is 0.540. The molecular weight excluding hydrogens is 124 g/mol. The van der Waals surface area contributed by atoms with E-state index in [2.05, 4.69) is 6.92 Å². The van der Waals surface area contributed by atoms with Gasteiger partial charge in [-0.25, -0.2) is 0 Å². The highest BCUT2D eigenvalue weighted by molar-refractivity contribution is 5.86. The minimum absolute atomic E-state index is 0.0486. The number of hydrogen-bond acceptors (Lipinski definition) is 1. The molecule has 2 rings (SSSR count).